The molecule has 0 aliphatic carbocycles. The Morgan fingerprint density at radius 2 is 1.30 bits per heavy atom. The number of hydrogen-bond donors (Lipinski definition) is 1. The highest BCUT2D eigenvalue weighted by Crippen LogP contribution is 2.36. The van der Waals surface area contributed by atoms with Crippen molar-refractivity contribution in [1.82, 2.24) is 0 Å². The third kappa shape index (κ3) is 5.64. The van der Waals surface area contributed by atoms with Crippen LogP contribution >= 0.6 is 0 Å². The largest absolute Gasteiger partial charge is 0.493 e. The van der Waals surface area contributed by atoms with Gasteiger partial charge in [0.25, 0.3) is 0 Å². The zero-order valence-electron chi connectivity index (χ0n) is 16.4. The Bertz CT molecular complexity index is 711. The summed E-state index contributed by atoms with van der Waals surface area (Å²) < 4.78 is 17.5. The highest BCUT2D eigenvalue weighted by molar-refractivity contribution is 6.12. The van der Waals surface area contributed by atoms with Gasteiger partial charge in [-0.1, -0.05) is 20.8 Å². The van der Waals surface area contributed by atoms with Crippen molar-refractivity contribution >= 4 is 11.5 Å². The van der Waals surface area contributed by atoms with E-state index in [1.54, 1.807) is 36.4 Å². The van der Waals surface area contributed by atoms with E-state index in [4.69, 9.17) is 19.9 Å². The van der Waals surface area contributed by atoms with Crippen LogP contribution in [-0.2, 0) is 0 Å². The van der Waals surface area contributed by atoms with Crippen molar-refractivity contribution in [3.8, 4) is 17.2 Å². The first-order valence-electron chi connectivity index (χ1n) is 9.57. The average molecular weight is 371 g/mol. The third-order valence-corrected chi connectivity index (χ3v) is 3.84. The van der Waals surface area contributed by atoms with Crippen LogP contribution in [-0.4, -0.2) is 25.6 Å². The average Bonchev–Trinajstić information content (AvgIpc) is 2.68. The fourth-order valence-corrected chi connectivity index (χ4v) is 2.52. The van der Waals surface area contributed by atoms with Crippen LogP contribution in [0.25, 0.3) is 0 Å². The van der Waals surface area contributed by atoms with Gasteiger partial charge in [-0.25, -0.2) is 0 Å². The van der Waals surface area contributed by atoms with Crippen LogP contribution in [0.4, 0.5) is 5.69 Å². The van der Waals surface area contributed by atoms with E-state index in [1.807, 2.05) is 20.8 Å². The Kier molecular flexibility index (Phi) is 7.99. The number of ketones is 1. The molecule has 0 atom stereocenters. The molecule has 0 heterocycles. The summed E-state index contributed by atoms with van der Waals surface area (Å²) in [5.41, 5.74) is 7.31. The highest BCUT2D eigenvalue weighted by Gasteiger charge is 2.22. The molecule has 2 rings (SSSR count). The topological polar surface area (TPSA) is 70.8 Å². The summed E-state index contributed by atoms with van der Waals surface area (Å²) in [6, 6.07) is 10.4. The van der Waals surface area contributed by atoms with Crippen molar-refractivity contribution in [2.75, 3.05) is 25.6 Å². The predicted molar refractivity (Wildman–Crippen MR) is 108 cm³/mol. The van der Waals surface area contributed by atoms with Crippen LogP contribution < -0.4 is 19.9 Å². The van der Waals surface area contributed by atoms with Crippen LogP contribution in [0.1, 0.15) is 56.0 Å². The molecule has 0 unspecified atom stereocenters. The summed E-state index contributed by atoms with van der Waals surface area (Å²) in [7, 11) is 0. The monoisotopic (exact) mass is 371 g/mol. The Balaban J connectivity index is 2.51. The summed E-state index contributed by atoms with van der Waals surface area (Å²) in [6.07, 6.45) is 2.56. The van der Waals surface area contributed by atoms with Crippen LogP contribution in [0, 0.1) is 0 Å². The first-order chi connectivity index (χ1) is 13.1. The summed E-state index contributed by atoms with van der Waals surface area (Å²) in [5, 5.41) is 0. The van der Waals surface area contributed by atoms with Gasteiger partial charge in [0.05, 0.1) is 19.8 Å². The smallest absolute Gasteiger partial charge is 0.200 e. The van der Waals surface area contributed by atoms with Gasteiger partial charge >= 0.3 is 0 Å². The van der Waals surface area contributed by atoms with Crippen molar-refractivity contribution in [2.24, 2.45) is 0 Å². The summed E-state index contributed by atoms with van der Waals surface area (Å²) in [6.45, 7) is 7.69. The van der Waals surface area contributed by atoms with Gasteiger partial charge in [-0.05, 0) is 43.5 Å². The van der Waals surface area contributed by atoms with Crippen LogP contribution in [0.2, 0.25) is 0 Å². The van der Waals surface area contributed by atoms with E-state index in [-0.39, 0.29) is 5.78 Å². The second-order valence-corrected chi connectivity index (χ2v) is 6.29. The molecule has 0 fully saturated rings. The second kappa shape index (κ2) is 10.5. The zero-order valence-corrected chi connectivity index (χ0v) is 16.4. The van der Waals surface area contributed by atoms with E-state index >= 15 is 0 Å². The molecule has 0 radical (unpaired) electrons. The van der Waals surface area contributed by atoms with Gasteiger partial charge in [-0.3, -0.25) is 4.79 Å². The maximum atomic E-state index is 13.2. The lowest BCUT2D eigenvalue weighted by molar-refractivity contribution is 0.103. The standard InChI is InChI=1S/C22H29NO4/c1-4-11-25-18-14-19(26-12-5-2)21(20(15-18)27-13-6-3)22(24)16-7-9-17(23)10-8-16/h7-10,14-15H,4-6,11-13,23H2,1-3H3. The molecule has 0 amide bonds. The lowest BCUT2D eigenvalue weighted by Gasteiger charge is -2.18. The first-order valence-corrected chi connectivity index (χ1v) is 9.57. The Morgan fingerprint density at radius 3 is 1.78 bits per heavy atom. The van der Waals surface area contributed by atoms with Crippen molar-refractivity contribution in [1.29, 1.82) is 0 Å². The number of hydrogen-bond acceptors (Lipinski definition) is 5. The number of carbonyl (C=O) groups is 1. The van der Waals surface area contributed by atoms with E-state index in [9.17, 15) is 4.79 Å². The predicted octanol–water partition coefficient (Wildman–Crippen LogP) is 4.87. The molecule has 2 aromatic rings. The summed E-state index contributed by atoms with van der Waals surface area (Å²) >= 11 is 0. The van der Waals surface area contributed by atoms with Gasteiger partial charge in [0.15, 0.2) is 0 Å². The molecule has 5 heteroatoms. The number of nitrogen functional groups attached to an aromatic ring is 1. The lowest BCUT2D eigenvalue weighted by Crippen LogP contribution is -2.11. The molecule has 146 valence electrons. The molecule has 2 N–H and O–H groups in total. The minimum Gasteiger partial charge on any atom is -0.493 e. The minimum atomic E-state index is -0.158. The van der Waals surface area contributed by atoms with Crippen molar-refractivity contribution in [3.05, 3.63) is 47.5 Å². The molecule has 0 spiro atoms. The lowest BCUT2D eigenvalue weighted by atomic mass is 10.0. The molecule has 2 aromatic carbocycles. The molecule has 0 aliphatic rings. The maximum absolute atomic E-state index is 13.2. The molecular formula is C22H29NO4. The fourth-order valence-electron chi connectivity index (χ4n) is 2.52. The normalized spacial score (nSPS) is 10.5. The van der Waals surface area contributed by atoms with Crippen molar-refractivity contribution in [3.63, 3.8) is 0 Å². The Morgan fingerprint density at radius 1 is 0.815 bits per heavy atom. The van der Waals surface area contributed by atoms with E-state index in [2.05, 4.69) is 0 Å². The Hall–Kier alpha value is -2.69. The van der Waals surface area contributed by atoms with Gasteiger partial charge in [-0.15, -0.1) is 0 Å². The van der Waals surface area contributed by atoms with Crippen LogP contribution in [0.3, 0.4) is 0 Å². The third-order valence-electron chi connectivity index (χ3n) is 3.84. The second-order valence-electron chi connectivity index (χ2n) is 6.29. The number of anilines is 1. The molecule has 5 nitrogen and oxygen atoms in total. The number of benzene rings is 2. The van der Waals surface area contributed by atoms with Crippen LogP contribution in [0.15, 0.2) is 36.4 Å². The zero-order chi connectivity index (χ0) is 19.6. The maximum Gasteiger partial charge on any atom is 0.200 e. The molecule has 27 heavy (non-hydrogen) atoms. The minimum absolute atomic E-state index is 0.158. The van der Waals surface area contributed by atoms with Gasteiger partial charge < -0.3 is 19.9 Å². The molecule has 0 saturated carbocycles. The van der Waals surface area contributed by atoms with Gasteiger partial charge in [0.2, 0.25) is 5.78 Å². The highest BCUT2D eigenvalue weighted by atomic mass is 16.5. The van der Waals surface area contributed by atoms with Crippen molar-refractivity contribution < 1.29 is 19.0 Å². The molecule has 0 saturated heterocycles. The SMILES string of the molecule is CCCOc1cc(OCCC)c(C(=O)c2ccc(N)cc2)c(OCCC)c1. The number of carbonyl (C=O) groups excluding carboxylic acids is 1. The first kappa shape index (κ1) is 20.6. The quantitative estimate of drug-likeness (QED) is 0.451. The summed E-state index contributed by atoms with van der Waals surface area (Å²) in [5.74, 6) is 1.45. The number of nitrogens with two attached hydrogens (primary N) is 1. The number of rotatable bonds is 11. The fraction of sp³-hybridized carbons (Fsp3) is 0.409. The molecule has 0 aromatic heterocycles. The Labute approximate surface area is 161 Å². The van der Waals surface area contributed by atoms with E-state index < -0.39 is 0 Å². The summed E-state index contributed by atoms with van der Waals surface area (Å²) in [4.78, 5) is 13.2. The van der Waals surface area contributed by atoms with Gasteiger partial charge in [0.1, 0.15) is 22.8 Å². The number of ether oxygens (including phenoxy) is 3. The van der Waals surface area contributed by atoms with E-state index in [0.717, 1.165) is 19.3 Å². The molecular weight excluding hydrogens is 342 g/mol. The van der Waals surface area contributed by atoms with E-state index in [0.29, 0.717) is 53.9 Å². The molecule has 0 bridgehead atoms. The van der Waals surface area contributed by atoms with Crippen molar-refractivity contribution in [2.45, 2.75) is 40.0 Å². The van der Waals surface area contributed by atoms with E-state index in [1.165, 1.54) is 0 Å². The van der Waals surface area contributed by atoms with Gasteiger partial charge in [0, 0.05) is 23.4 Å². The van der Waals surface area contributed by atoms with Gasteiger partial charge in [-0.2, -0.15) is 0 Å². The molecule has 0 aliphatic heterocycles. The van der Waals surface area contributed by atoms with Crippen LogP contribution in [0.5, 0.6) is 17.2 Å².